The van der Waals surface area contributed by atoms with E-state index >= 15 is 0 Å². The van der Waals surface area contributed by atoms with E-state index in [2.05, 4.69) is 20.4 Å². The van der Waals surface area contributed by atoms with Crippen LogP contribution in [0.1, 0.15) is 46.5 Å². The average molecular weight is 344 g/mol. The molecule has 8 heteroatoms. The van der Waals surface area contributed by atoms with Crippen LogP contribution in [0.15, 0.2) is 11.0 Å². The van der Waals surface area contributed by atoms with Crippen molar-refractivity contribution in [2.24, 2.45) is 0 Å². The van der Waals surface area contributed by atoms with Crippen molar-refractivity contribution >= 4 is 22.9 Å². The van der Waals surface area contributed by atoms with E-state index < -0.39 is 0 Å². The Morgan fingerprint density at radius 1 is 1.32 bits per heavy atom. The van der Waals surface area contributed by atoms with Crippen LogP contribution in [0.25, 0.3) is 11.0 Å². The lowest BCUT2D eigenvalue weighted by Crippen LogP contribution is -2.45. The molecule has 1 amide bonds. The summed E-state index contributed by atoms with van der Waals surface area (Å²) in [4.78, 5) is 34.4. The normalized spacial score (nSPS) is 21.1. The van der Waals surface area contributed by atoms with Crippen molar-refractivity contribution in [2.45, 2.75) is 64.1 Å². The molecule has 134 valence electrons. The Hall–Kier alpha value is -2.38. The van der Waals surface area contributed by atoms with Crippen LogP contribution in [-0.2, 0) is 10.3 Å². The maximum Gasteiger partial charge on any atom is 0.263 e. The number of nitrogens with one attached hydrogen (secondary N) is 2. The van der Waals surface area contributed by atoms with Crippen LogP contribution in [0.4, 0.5) is 5.95 Å². The molecule has 2 aromatic heterocycles. The maximum atomic E-state index is 12.5. The fourth-order valence-corrected chi connectivity index (χ4v) is 3.35. The average Bonchev–Trinajstić information content (AvgIpc) is 3.04. The summed E-state index contributed by atoms with van der Waals surface area (Å²) in [6.45, 7) is 6.76. The second-order valence-corrected chi connectivity index (χ2v) is 7.99. The molecule has 1 atom stereocenters. The van der Waals surface area contributed by atoms with Crippen molar-refractivity contribution in [1.82, 2.24) is 25.1 Å². The first-order chi connectivity index (χ1) is 11.8. The van der Waals surface area contributed by atoms with Crippen LogP contribution >= 0.6 is 0 Å². The Morgan fingerprint density at radius 3 is 2.76 bits per heavy atom. The summed E-state index contributed by atoms with van der Waals surface area (Å²) in [5.74, 6) is 0.490. The van der Waals surface area contributed by atoms with Gasteiger partial charge in [0.25, 0.3) is 5.56 Å². The van der Waals surface area contributed by atoms with Gasteiger partial charge in [-0.2, -0.15) is 10.1 Å². The lowest BCUT2D eigenvalue weighted by atomic mass is 10.1. The van der Waals surface area contributed by atoms with Gasteiger partial charge in [-0.25, -0.2) is 4.68 Å². The first-order valence-corrected chi connectivity index (χ1v) is 8.90. The van der Waals surface area contributed by atoms with Gasteiger partial charge in [0.05, 0.1) is 11.7 Å². The number of H-pyrrole nitrogens is 1. The molecule has 1 saturated carbocycles. The van der Waals surface area contributed by atoms with Crippen molar-refractivity contribution in [3.05, 3.63) is 16.6 Å². The van der Waals surface area contributed by atoms with Gasteiger partial charge in [-0.1, -0.05) is 0 Å². The number of aromatic amines is 1. The van der Waals surface area contributed by atoms with E-state index in [9.17, 15) is 9.59 Å². The second kappa shape index (κ2) is 5.57. The van der Waals surface area contributed by atoms with Crippen molar-refractivity contribution in [3.63, 3.8) is 0 Å². The summed E-state index contributed by atoms with van der Waals surface area (Å²) in [7, 11) is 0. The third-order valence-electron chi connectivity index (χ3n) is 4.81. The topological polar surface area (TPSA) is 95.9 Å². The van der Waals surface area contributed by atoms with Crippen molar-refractivity contribution in [2.75, 3.05) is 11.4 Å². The van der Waals surface area contributed by atoms with E-state index in [4.69, 9.17) is 0 Å². The summed E-state index contributed by atoms with van der Waals surface area (Å²) in [5.41, 5.74) is 0.0522. The Balaban J connectivity index is 1.72. The van der Waals surface area contributed by atoms with Crippen LogP contribution in [0, 0.1) is 0 Å². The molecule has 1 saturated heterocycles. The molecule has 1 aliphatic heterocycles. The molecule has 2 aliphatic rings. The monoisotopic (exact) mass is 344 g/mol. The molecular formula is C17H24N6O2. The number of nitrogens with zero attached hydrogens (tertiary/aromatic N) is 4. The van der Waals surface area contributed by atoms with Gasteiger partial charge in [-0.05, 0) is 46.5 Å². The van der Waals surface area contributed by atoms with Gasteiger partial charge in [0.2, 0.25) is 11.9 Å². The fraction of sp³-hybridized carbons (Fsp3) is 0.647. The maximum absolute atomic E-state index is 12.5. The largest absolute Gasteiger partial charge is 0.352 e. The third-order valence-corrected chi connectivity index (χ3v) is 4.81. The van der Waals surface area contributed by atoms with Crippen LogP contribution < -0.4 is 15.8 Å². The summed E-state index contributed by atoms with van der Waals surface area (Å²) in [5, 5.41) is 7.86. The van der Waals surface area contributed by atoms with Crippen LogP contribution in [0.5, 0.6) is 0 Å². The van der Waals surface area contributed by atoms with Gasteiger partial charge in [0, 0.05) is 12.6 Å². The number of amides is 1. The lowest BCUT2D eigenvalue weighted by molar-refractivity contribution is -0.122. The molecule has 2 N–H and O–H groups in total. The minimum Gasteiger partial charge on any atom is -0.352 e. The SMILES string of the molecule is CC(C)(C)n1ncc2c(=O)[nH]c(N3CCCC3C(=O)NC3CC3)nc21. The number of anilines is 1. The first-order valence-electron chi connectivity index (χ1n) is 8.90. The van der Waals surface area contributed by atoms with E-state index in [1.165, 1.54) is 0 Å². The zero-order chi connectivity index (χ0) is 17.8. The van der Waals surface area contributed by atoms with Crippen molar-refractivity contribution in [1.29, 1.82) is 0 Å². The molecule has 25 heavy (non-hydrogen) atoms. The standard InChI is InChI=1S/C17H24N6O2/c1-17(2,3)23-13-11(9-18-23)14(24)21-16(20-13)22-8-4-5-12(22)15(25)19-10-6-7-10/h9-10,12H,4-8H2,1-3H3,(H,19,25)(H,20,21,24). The number of carbonyl (C=O) groups is 1. The van der Waals surface area contributed by atoms with Crippen molar-refractivity contribution in [3.8, 4) is 0 Å². The predicted molar refractivity (Wildman–Crippen MR) is 94.7 cm³/mol. The number of hydrogen-bond donors (Lipinski definition) is 2. The van der Waals surface area contributed by atoms with E-state index in [0.29, 0.717) is 29.6 Å². The smallest absolute Gasteiger partial charge is 0.263 e. The summed E-state index contributed by atoms with van der Waals surface area (Å²) < 4.78 is 1.76. The second-order valence-electron chi connectivity index (χ2n) is 7.99. The highest BCUT2D eigenvalue weighted by Gasteiger charge is 2.35. The Morgan fingerprint density at radius 2 is 2.08 bits per heavy atom. The van der Waals surface area contributed by atoms with Crippen LogP contribution in [0.2, 0.25) is 0 Å². The molecule has 8 nitrogen and oxygen atoms in total. The molecule has 0 bridgehead atoms. The van der Waals surface area contributed by atoms with E-state index in [0.717, 1.165) is 25.7 Å². The molecule has 0 radical (unpaired) electrons. The highest BCUT2D eigenvalue weighted by molar-refractivity contribution is 5.86. The summed E-state index contributed by atoms with van der Waals surface area (Å²) >= 11 is 0. The quantitative estimate of drug-likeness (QED) is 0.870. The molecule has 1 aliphatic carbocycles. The predicted octanol–water partition coefficient (Wildman–Crippen LogP) is 1.12. The van der Waals surface area contributed by atoms with Crippen LogP contribution in [-0.4, -0.2) is 44.3 Å². The van der Waals surface area contributed by atoms with Gasteiger partial charge >= 0.3 is 0 Å². The van der Waals surface area contributed by atoms with Crippen molar-refractivity contribution < 1.29 is 4.79 Å². The van der Waals surface area contributed by atoms with E-state index in [-0.39, 0.29) is 23.0 Å². The zero-order valence-corrected chi connectivity index (χ0v) is 14.9. The first kappa shape index (κ1) is 16.1. The third kappa shape index (κ3) is 2.89. The number of aromatic nitrogens is 4. The minimum absolute atomic E-state index is 0.0343. The number of fused-ring (bicyclic) bond motifs is 1. The highest BCUT2D eigenvalue weighted by atomic mass is 16.2. The molecule has 2 aromatic rings. The van der Waals surface area contributed by atoms with Gasteiger partial charge in [-0.3, -0.25) is 14.6 Å². The molecule has 4 rings (SSSR count). The number of rotatable bonds is 3. The van der Waals surface area contributed by atoms with Gasteiger partial charge in [0.15, 0.2) is 5.65 Å². The van der Waals surface area contributed by atoms with Gasteiger partial charge in [-0.15, -0.1) is 0 Å². The van der Waals surface area contributed by atoms with E-state index in [1.807, 2.05) is 25.7 Å². The molecule has 0 aromatic carbocycles. The molecule has 2 fully saturated rings. The van der Waals surface area contributed by atoms with Crippen LogP contribution in [0.3, 0.4) is 0 Å². The minimum atomic E-state index is -0.284. The van der Waals surface area contributed by atoms with Gasteiger partial charge in [0.1, 0.15) is 11.4 Å². The number of hydrogen-bond acceptors (Lipinski definition) is 5. The Kier molecular flexibility index (Phi) is 3.59. The zero-order valence-electron chi connectivity index (χ0n) is 14.9. The summed E-state index contributed by atoms with van der Waals surface area (Å²) in [6.07, 6.45) is 5.36. The molecule has 3 heterocycles. The lowest BCUT2D eigenvalue weighted by Gasteiger charge is -2.25. The van der Waals surface area contributed by atoms with Gasteiger partial charge < -0.3 is 10.2 Å². The molecule has 0 spiro atoms. The number of carbonyl (C=O) groups excluding carboxylic acids is 1. The fourth-order valence-electron chi connectivity index (χ4n) is 3.35. The Bertz CT molecular complexity index is 873. The highest BCUT2D eigenvalue weighted by Crippen LogP contribution is 2.26. The Labute approximate surface area is 145 Å². The molecule has 1 unspecified atom stereocenters. The van der Waals surface area contributed by atoms with E-state index in [1.54, 1.807) is 10.9 Å². The molecular weight excluding hydrogens is 320 g/mol. The summed E-state index contributed by atoms with van der Waals surface area (Å²) in [6, 6.07) is 0.0546.